The zero-order chi connectivity index (χ0) is 15.5. The number of nitro benzene ring substituents is 1. The summed E-state index contributed by atoms with van der Waals surface area (Å²) < 4.78 is 1.05. The maximum absolute atomic E-state index is 10.8. The number of rotatable bonds is 4. The lowest BCUT2D eigenvalue weighted by molar-refractivity contribution is -0.384. The highest BCUT2D eigenvalue weighted by Crippen LogP contribution is 2.25. The molecular formula is C14H9ClN4O2S. The van der Waals surface area contributed by atoms with E-state index in [9.17, 15) is 10.1 Å². The molecule has 2 aromatic carbocycles. The molecule has 0 bridgehead atoms. The van der Waals surface area contributed by atoms with E-state index in [4.69, 9.17) is 11.6 Å². The molecule has 0 spiro atoms. The van der Waals surface area contributed by atoms with Crippen LogP contribution in [0, 0.1) is 10.1 Å². The van der Waals surface area contributed by atoms with Gasteiger partial charge in [-0.15, -0.1) is 0 Å². The summed E-state index contributed by atoms with van der Waals surface area (Å²) in [4.78, 5) is 14.6. The Morgan fingerprint density at radius 1 is 1.32 bits per heavy atom. The summed E-state index contributed by atoms with van der Waals surface area (Å²) in [5.41, 5.74) is 4.12. The molecule has 0 aliphatic rings. The number of para-hydroxylation sites is 1. The number of thiazole rings is 1. The Bertz CT molecular complexity index is 845. The second-order valence-electron chi connectivity index (χ2n) is 4.32. The highest BCUT2D eigenvalue weighted by Gasteiger charge is 2.08. The van der Waals surface area contributed by atoms with Gasteiger partial charge in [-0.2, -0.15) is 5.10 Å². The second-order valence-corrected chi connectivity index (χ2v) is 5.76. The van der Waals surface area contributed by atoms with E-state index in [1.165, 1.54) is 35.8 Å². The molecule has 3 rings (SSSR count). The maximum atomic E-state index is 10.8. The molecule has 8 heteroatoms. The lowest BCUT2D eigenvalue weighted by atomic mass is 10.2. The minimum Gasteiger partial charge on any atom is -0.258 e. The summed E-state index contributed by atoms with van der Waals surface area (Å²) in [5, 5.41) is 15.8. The summed E-state index contributed by atoms with van der Waals surface area (Å²) >= 11 is 7.46. The summed E-state index contributed by atoms with van der Waals surface area (Å²) in [6.07, 6.45) is 1.43. The second kappa shape index (κ2) is 6.08. The normalized spacial score (nSPS) is 11.1. The molecule has 22 heavy (non-hydrogen) atoms. The quantitative estimate of drug-likeness (QED) is 0.438. The van der Waals surface area contributed by atoms with Gasteiger partial charge in [-0.05, 0) is 18.2 Å². The number of nitro groups is 1. The van der Waals surface area contributed by atoms with Crippen molar-refractivity contribution in [2.45, 2.75) is 0 Å². The molecule has 0 fully saturated rings. The molecule has 110 valence electrons. The standard InChI is InChI=1S/C14H9ClN4O2S/c15-11-6-5-10(19(20)21)7-9(11)8-16-18-14-17-12-3-1-2-4-13(12)22-14/h1-8H,(H,17,18)/b16-8+. The van der Waals surface area contributed by atoms with Crippen LogP contribution in [-0.2, 0) is 0 Å². The van der Waals surface area contributed by atoms with Crippen LogP contribution in [-0.4, -0.2) is 16.1 Å². The third-order valence-corrected chi connectivity index (χ3v) is 4.13. The van der Waals surface area contributed by atoms with Crippen LogP contribution in [0.15, 0.2) is 47.6 Å². The van der Waals surface area contributed by atoms with E-state index >= 15 is 0 Å². The van der Waals surface area contributed by atoms with Crippen molar-refractivity contribution < 1.29 is 4.92 Å². The SMILES string of the molecule is O=[N+]([O-])c1ccc(Cl)c(/C=N/Nc2nc3ccccc3s2)c1. The van der Waals surface area contributed by atoms with Gasteiger partial charge in [0.2, 0.25) is 5.13 Å². The van der Waals surface area contributed by atoms with Crippen LogP contribution >= 0.6 is 22.9 Å². The highest BCUT2D eigenvalue weighted by molar-refractivity contribution is 7.22. The number of non-ortho nitro benzene ring substituents is 1. The lowest BCUT2D eigenvalue weighted by Gasteiger charge is -1.98. The van der Waals surface area contributed by atoms with Gasteiger partial charge < -0.3 is 0 Å². The third kappa shape index (κ3) is 3.05. The van der Waals surface area contributed by atoms with Gasteiger partial charge in [0.1, 0.15) is 0 Å². The smallest absolute Gasteiger partial charge is 0.258 e. The Balaban J connectivity index is 1.79. The van der Waals surface area contributed by atoms with E-state index in [1.807, 2.05) is 24.3 Å². The molecule has 0 radical (unpaired) electrons. The van der Waals surface area contributed by atoms with Crippen LogP contribution in [0.5, 0.6) is 0 Å². The molecule has 6 nitrogen and oxygen atoms in total. The van der Waals surface area contributed by atoms with E-state index in [2.05, 4.69) is 15.5 Å². The summed E-state index contributed by atoms with van der Waals surface area (Å²) in [7, 11) is 0. The van der Waals surface area contributed by atoms with Gasteiger partial charge in [-0.3, -0.25) is 15.5 Å². The monoisotopic (exact) mass is 332 g/mol. The highest BCUT2D eigenvalue weighted by atomic mass is 35.5. The molecule has 1 heterocycles. The number of fused-ring (bicyclic) bond motifs is 1. The number of hydrazone groups is 1. The molecule has 0 saturated carbocycles. The van der Waals surface area contributed by atoms with Gasteiger partial charge in [-0.1, -0.05) is 35.1 Å². The van der Waals surface area contributed by atoms with Crippen molar-refractivity contribution in [2.75, 3.05) is 5.43 Å². The third-order valence-electron chi connectivity index (χ3n) is 2.85. The fourth-order valence-electron chi connectivity index (χ4n) is 1.82. The van der Waals surface area contributed by atoms with Gasteiger partial charge in [0.05, 0.1) is 21.4 Å². The molecule has 0 unspecified atom stereocenters. The lowest BCUT2D eigenvalue weighted by Crippen LogP contribution is -1.93. The molecule has 1 N–H and O–H groups in total. The van der Waals surface area contributed by atoms with Crippen LogP contribution < -0.4 is 5.43 Å². The average molecular weight is 333 g/mol. The van der Waals surface area contributed by atoms with Crippen molar-refractivity contribution in [3.63, 3.8) is 0 Å². The van der Waals surface area contributed by atoms with Gasteiger partial charge in [0.15, 0.2) is 0 Å². The zero-order valence-electron chi connectivity index (χ0n) is 11.1. The topological polar surface area (TPSA) is 80.4 Å². The van der Waals surface area contributed by atoms with Crippen molar-refractivity contribution in [1.29, 1.82) is 0 Å². The summed E-state index contributed by atoms with van der Waals surface area (Å²) in [5.74, 6) is 0. The molecule has 0 atom stereocenters. The number of nitrogens with zero attached hydrogens (tertiary/aromatic N) is 3. The van der Waals surface area contributed by atoms with Gasteiger partial charge >= 0.3 is 0 Å². The molecule has 1 aromatic heterocycles. The number of halogens is 1. The zero-order valence-corrected chi connectivity index (χ0v) is 12.6. The van der Waals surface area contributed by atoms with E-state index in [0.717, 1.165) is 10.2 Å². The fourth-order valence-corrected chi connectivity index (χ4v) is 2.80. The van der Waals surface area contributed by atoms with E-state index in [0.29, 0.717) is 15.7 Å². The molecule has 0 saturated heterocycles. The van der Waals surface area contributed by atoms with Crippen molar-refractivity contribution in [3.05, 3.63) is 63.2 Å². The fraction of sp³-hybridized carbons (Fsp3) is 0. The van der Waals surface area contributed by atoms with E-state index in [1.54, 1.807) is 0 Å². The predicted octanol–water partition coefficient (Wildman–Crippen LogP) is 4.30. The minimum atomic E-state index is -0.478. The Labute approximate surface area is 134 Å². The van der Waals surface area contributed by atoms with Crippen LogP contribution in [0.2, 0.25) is 5.02 Å². The van der Waals surface area contributed by atoms with Gasteiger partial charge in [0, 0.05) is 22.7 Å². The van der Waals surface area contributed by atoms with Crippen molar-refractivity contribution >= 4 is 50.2 Å². The Kier molecular flexibility index (Phi) is 3.99. The van der Waals surface area contributed by atoms with Gasteiger partial charge in [-0.25, -0.2) is 4.98 Å². The van der Waals surface area contributed by atoms with E-state index < -0.39 is 4.92 Å². The Hall–Kier alpha value is -2.51. The summed E-state index contributed by atoms with van der Waals surface area (Å²) in [6.45, 7) is 0. The molecular weight excluding hydrogens is 324 g/mol. The Morgan fingerprint density at radius 3 is 2.91 bits per heavy atom. The number of aromatic nitrogens is 1. The van der Waals surface area contributed by atoms with Gasteiger partial charge in [0.25, 0.3) is 5.69 Å². The first-order valence-corrected chi connectivity index (χ1v) is 7.41. The largest absolute Gasteiger partial charge is 0.270 e. The van der Waals surface area contributed by atoms with Crippen LogP contribution in [0.25, 0.3) is 10.2 Å². The average Bonchev–Trinajstić information content (AvgIpc) is 2.91. The number of benzene rings is 2. The molecule has 3 aromatic rings. The van der Waals surface area contributed by atoms with Crippen LogP contribution in [0.3, 0.4) is 0 Å². The first-order chi connectivity index (χ1) is 10.6. The number of hydrogen-bond acceptors (Lipinski definition) is 6. The Morgan fingerprint density at radius 2 is 2.14 bits per heavy atom. The van der Waals surface area contributed by atoms with Crippen molar-refractivity contribution in [3.8, 4) is 0 Å². The van der Waals surface area contributed by atoms with Crippen LogP contribution in [0.4, 0.5) is 10.8 Å². The summed E-state index contributed by atoms with van der Waals surface area (Å²) in [6, 6.07) is 11.9. The minimum absolute atomic E-state index is 0.0363. The number of hydrogen-bond donors (Lipinski definition) is 1. The van der Waals surface area contributed by atoms with Crippen molar-refractivity contribution in [2.24, 2.45) is 5.10 Å². The molecule has 0 aliphatic heterocycles. The van der Waals surface area contributed by atoms with E-state index in [-0.39, 0.29) is 5.69 Å². The number of nitrogens with one attached hydrogen (secondary N) is 1. The maximum Gasteiger partial charge on any atom is 0.270 e. The number of anilines is 1. The molecule has 0 amide bonds. The first-order valence-electron chi connectivity index (χ1n) is 6.22. The molecule has 0 aliphatic carbocycles. The predicted molar refractivity (Wildman–Crippen MR) is 88.9 cm³/mol. The van der Waals surface area contributed by atoms with Crippen molar-refractivity contribution in [1.82, 2.24) is 4.98 Å². The first kappa shape index (κ1) is 14.4. The van der Waals surface area contributed by atoms with Crippen LogP contribution in [0.1, 0.15) is 5.56 Å².